The molecule has 2 aromatic carbocycles. The smallest absolute Gasteiger partial charge is 0.326 e. The molecule has 0 radical (unpaired) electrons. The number of benzene rings is 2. The molecule has 3 heterocycles. The van der Waals surface area contributed by atoms with Crippen LogP contribution in [0, 0.1) is 12.8 Å². The second-order valence-corrected chi connectivity index (χ2v) is 12.1. The average Bonchev–Trinajstić information content (AvgIpc) is 3.35. The van der Waals surface area contributed by atoms with Crippen LogP contribution in [0.4, 0.5) is 10.5 Å². The quantitative estimate of drug-likeness (QED) is 0.368. The van der Waals surface area contributed by atoms with Gasteiger partial charge in [0.2, 0.25) is 5.91 Å². The molecule has 4 N–H and O–H groups in total. The van der Waals surface area contributed by atoms with Gasteiger partial charge in [0.25, 0.3) is 5.91 Å². The van der Waals surface area contributed by atoms with Crippen LogP contribution in [0.5, 0.6) is 11.5 Å². The molecule has 0 aromatic heterocycles. The minimum Gasteiger partial charge on any atom is -0.457 e. The van der Waals surface area contributed by atoms with Crippen molar-refractivity contribution in [1.82, 2.24) is 21.3 Å². The summed E-state index contributed by atoms with van der Waals surface area (Å²) >= 11 is 1.49. The van der Waals surface area contributed by atoms with E-state index < -0.39 is 0 Å². The number of hydrogen-bond acceptors (Lipinski definition) is 6. The van der Waals surface area contributed by atoms with E-state index in [-0.39, 0.29) is 47.3 Å². The standard InChI is InChI=1S/C31H35N5O4S/c1-3-25(37)33-21-11-7-8-12-22(21)34-29(38)28-27-26-24(15-16-32-30(26)41-28)36(31(39)35-27)23-14-13-20(17-18(23)2)40-19-9-5-4-6-10-19/h3-6,9-10,13-14,17,21-22,24,26,30,32H,1,7-8,11-12,15-16H2,2H3,(H,33,37)(H,34,38)(H,35,39)/t21-,22+,24?,26?,30?/m0/s1. The van der Waals surface area contributed by atoms with Gasteiger partial charge in [-0.05, 0) is 74.7 Å². The van der Waals surface area contributed by atoms with Crippen molar-refractivity contribution in [3.63, 3.8) is 0 Å². The number of urea groups is 1. The van der Waals surface area contributed by atoms with Gasteiger partial charge in [0, 0.05) is 29.4 Å². The summed E-state index contributed by atoms with van der Waals surface area (Å²) in [5.41, 5.74) is 2.46. The lowest BCUT2D eigenvalue weighted by Gasteiger charge is -2.46. The van der Waals surface area contributed by atoms with Gasteiger partial charge in [-0.2, -0.15) is 0 Å². The first kappa shape index (κ1) is 27.4. The van der Waals surface area contributed by atoms with E-state index in [0.717, 1.165) is 55.6 Å². The first-order valence-electron chi connectivity index (χ1n) is 14.2. The summed E-state index contributed by atoms with van der Waals surface area (Å²) in [5, 5.41) is 12.8. The van der Waals surface area contributed by atoms with Gasteiger partial charge in [-0.15, -0.1) is 0 Å². The Hall–Kier alpha value is -3.76. The van der Waals surface area contributed by atoms with Gasteiger partial charge in [-0.3, -0.25) is 14.5 Å². The molecule has 2 aromatic rings. The highest BCUT2D eigenvalue weighted by molar-refractivity contribution is 8.04. The van der Waals surface area contributed by atoms with E-state index in [2.05, 4.69) is 27.8 Å². The van der Waals surface area contributed by atoms with Crippen LogP contribution < -0.4 is 30.9 Å². The number of ether oxygens (including phenoxy) is 1. The number of para-hydroxylation sites is 1. The van der Waals surface area contributed by atoms with Crippen LogP contribution in [0.25, 0.3) is 0 Å². The lowest BCUT2D eigenvalue weighted by molar-refractivity contribution is -0.120. The van der Waals surface area contributed by atoms with Gasteiger partial charge in [0.05, 0.1) is 16.3 Å². The van der Waals surface area contributed by atoms with Crippen LogP contribution in [0.3, 0.4) is 0 Å². The molecule has 3 aliphatic heterocycles. The highest BCUT2D eigenvalue weighted by atomic mass is 32.2. The van der Waals surface area contributed by atoms with Gasteiger partial charge >= 0.3 is 6.03 Å². The predicted molar refractivity (Wildman–Crippen MR) is 160 cm³/mol. The van der Waals surface area contributed by atoms with Crippen molar-refractivity contribution in [2.24, 2.45) is 5.92 Å². The lowest BCUT2D eigenvalue weighted by Crippen LogP contribution is -2.62. The molecule has 3 unspecified atom stereocenters. The molecule has 2 saturated heterocycles. The van der Waals surface area contributed by atoms with Gasteiger partial charge in [-0.25, -0.2) is 4.79 Å². The fourth-order valence-electron chi connectivity index (χ4n) is 6.44. The van der Waals surface area contributed by atoms with Crippen molar-refractivity contribution in [3.05, 3.63) is 77.4 Å². The van der Waals surface area contributed by atoms with Crippen LogP contribution in [-0.4, -0.2) is 47.9 Å². The number of carbonyl (C=O) groups excluding carboxylic acids is 3. The summed E-state index contributed by atoms with van der Waals surface area (Å²) in [4.78, 5) is 41.7. The largest absolute Gasteiger partial charge is 0.457 e. The number of nitrogens with zero attached hydrogens (tertiary/aromatic N) is 1. The van der Waals surface area contributed by atoms with Crippen molar-refractivity contribution in [3.8, 4) is 11.5 Å². The van der Waals surface area contributed by atoms with Crippen LogP contribution in [0.2, 0.25) is 0 Å². The Balaban J connectivity index is 1.23. The van der Waals surface area contributed by atoms with E-state index in [9.17, 15) is 14.4 Å². The second kappa shape index (κ2) is 11.6. The highest BCUT2D eigenvalue weighted by Crippen LogP contribution is 2.48. The molecule has 41 heavy (non-hydrogen) atoms. The van der Waals surface area contributed by atoms with Crippen LogP contribution in [0.15, 0.2) is 71.8 Å². The third kappa shape index (κ3) is 5.46. The molecule has 9 nitrogen and oxygen atoms in total. The Kier molecular flexibility index (Phi) is 7.77. The summed E-state index contributed by atoms with van der Waals surface area (Å²) < 4.78 is 6.00. The molecule has 1 saturated carbocycles. The summed E-state index contributed by atoms with van der Waals surface area (Å²) in [6.07, 6.45) is 5.61. The monoisotopic (exact) mass is 573 g/mol. The van der Waals surface area contributed by atoms with Crippen LogP contribution in [-0.2, 0) is 9.59 Å². The number of anilines is 1. The number of amides is 4. The maximum absolute atomic E-state index is 13.7. The minimum absolute atomic E-state index is 0.0174. The molecule has 5 atom stereocenters. The predicted octanol–water partition coefficient (Wildman–Crippen LogP) is 4.31. The highest BCUT2D eigenvalue weighted by Gasteiger charge is 2.52. The Morgan fingerprint density at radius 1 is 1.05 bits per heavy atom. The number of piperidine rings is 1. The molecule has 10 heteroatoms. The van der Waals surface area contributed by atoms with E-state index in [4.69, 9.17) is 4.74 Å². The second-order valence-electron chi connectivity index (χ2n) is 11.0. The molecule has 4 aliphatic rings. The van der Waals surface area contributed by atoms with E-state index in [1.54, 1.807) is 0 Å². The van der Waals surface area contributed by atoms with Crippen molar-refractivity contribution in [2.75, 3.05) is 11.4 Å². The number of rotatable bonds is 7. The Morgan fingerprint density at radius 2 is 1.80 bits per heavy atom. The van der Waals surface area contributed by atoms with Crippen molar-refractivity contribution in [2.45, 2.75) is 62.5 Å². The molecule has 1 aliphatic carbocycles. The van der Waals surface area contributed by atoms with Crippen LogP contribution >= 0.6 is 11.8 Å². The van der Waals surface area contributed by atoms with Gasteiger partial charge in [0.1, 0.15) is 11.5 Å². The lowest BCUT2D eigenvalue weighted by atomic mass is 9.86. The first-order valence-corrected chi connectivity index (χ1v) is 15.1. The maximum atomic E-state index is 13.7. The summed E-state index contributed by atoms with van der Waals surface area (Å²) in [7, 11) is 0. The molecule has 0 spiro atoms. The summed E-state index contributed by atoms with van der Waals surface area (Å²) in [6, 6.07) is 14.8. The third-order valence-corrected chi connectivity index (χ3v) is 9.70. The van der Waals surface area contributed by atoms with E-state index in [1.807, 2.05) is 60.4 Å². The molecule has 4 amide bonds. The topological polar surface area (TPSA) is 112 Å². The maximum Gasteiger partial charge on any atom is 0.326 e. The van der Waals surface area contributed by atoms with Gasteiger partial charge < -0.3 is 26.0 Å². The zero-order valence-electron chi connectivity index (χ0n) is 23.0. The van der Waals surface area contributed by atoms with E-state index in [1.165, 1.54) is 17.8 Å². The fourth-order valence-corrected chi connectivity index (χ4v) is 7.84. The van der Waals surface area contributed by atoms with E-state index in [0.29, 0.717) is 16.4 Å². The van der Waals surface area contributed by atoms with Gasteiger partial charge in [0.15, 0.2) is 0 Å². The van der Waals surface area contributed by atoms with Crippen molar-refractivity contribution >= 4 is 35.3 Å². The molecule has 3 fully saturated rings. The molecular weight excluding hydrogens is 538 g/mol. The normalized spacial score (nSPS) is 27.0. The SMILES string of the molecule is C=CC(=O)N[C@H]1CCCC[C@H]1NC(=O)C1=C2NC(=O)N(c3ccc(Oc4ccccc4)cc3C)C3CCNC(S1)C23. The van der Waals surface area contributed by atoms with Crippen LogP contribution in [0.1, 0.15) is 37.7 Å². The molecule has 0 bridgehead atoms. The van der Waals surface area contributed by atoms with Crippen molar-refractivity contribution in [1.29, 1.82) is 0 Å². The number of hydrogen-bond donors (Lipinski definition) is 4. The summed E-state index contributed by atoms with van der Waals surface area (Å²) in [5.74, 6) is 0.981. The zero-order chi connectivity index (χ0) is 28.5. The first-order chi connectivity index (χ1) is 19.9. The number of nitrogens with one attached hydrogen (secondary N) is 4. The Morgan fingerprint density at radius 3 is 2.54 bits per heavy atom. The third-order valence-electron chi connectivity index (χ3n) is 8.35. The van der Waals surface area contributed by atoms with Gasteiger partial charge in [-0.1, -0.05) is 49.4 Å². The Bertz CT molecular complexity index is 1400. The number of carbonyl (C=O) groups is 3. The molecule has 214 valence electrons. The Labute approximate surface area is 244 Å². The number of aryl methyl sites for hydroxylation is 1. The average molecular weight is 574 g/mol. The zero-order valence-corrected chi connectivity index (χ0v) is 23.8. The molecule has 6 rings (SSSR count). The van der Waals surface area contributed by atoms with Crippen molar-refractivity contribution < 1.29 is 19.1 Å². The number of thioether (sulfide) groups is 1. The molecular formula is C31H35N5O4S. The fraction of sp³-hybridized carbons (Fsp3) is 0.387. The van der Waals surface area contributed by atoms with E-state index >= 15 is 0 Å². The summed E-state index contributed by atoms with van der Waals surface area (Å²) in [6.45, 7) is 6.28. The minimum atomic E-state index is -0.235.